The van der Waals surface area contributed by atoms with Crippen molar-refractivity contribution in [3.8, 4) is 0 Å². The molecule has 2 N–H and O–H groups in total. The molecule has 0 spiro atoms. The van der Waals surface area contributed by atoms with E-state index >= 15 is 0 Å². The van der Waals surface area contributed by atoms with Crippen molar-refractivity contribution in [1.29, 1.82) is 0 Å². The Morgan fingerprint density at radius 2 is 1.88 bits per heavy atom. The van der Waals surface area contributed by atoms with E-state index in [1.165, 1.54) is 57.8 Å². The third kappa shape index (κ3) is 2.85. The molecule has 3 heteroatoms. The standard InChI is InChI=1S/C23H21BrN2/c24-18-10-11-21-20(13-18)19-6-3-7-22(23(19)26-21)25-14-15-8-9-16-4-1-2-5-17(16)12-15/h1-2,4-5,8-13,22,25-26H,3,6-7,14H2. The molecule has 130 valence electrons. The molecule has 1 aliphatic carbocycles. The summed E-state index contributed by atoms with van der Waals surface area (Å²) >= 11 is 3.61. The zero-order valence-electron chi connectivity index (χ0n) is 14.6. The van der Waals surface area contributed by atoms with Crippen LogP contribution in [0.3, 0.4) is 0 Å². The van der Waals surface area contributed by atoms with Crippen LogP contribution in [0.25, 0.3) is 21.7 Å². The first-order valence-corrected chi connectivity index (χ1v) is 10.1. The summed E-state index contributed by atoms with van der Waals surface area (Å²) in [6.45, 7) is 0.897. The Hall–Kier alpha value is -2.10. The van der Waals surface area contributed by atoms with Gasteiger partial charge >= 0.3 is 0 Å². The molecular formula is C23H21BrN2. The first kappa shape index (κ1) is 16.1. The van der Waals surface area contributed by atoms with Crippen LogP contribution in [0.4, 0.5) is 0 Å². The number of benzene rings is 3. The van der Waals surface area contributed by atoms with E-state index in [9.17, 15) is 0 Å². The average molecular weight is 405 g/mol. The van der Waals surface area contributed by atoms with Gasteiger partial charge < -0.3 is 10.3 Å². The maximum Gasteiger partial charge on any atom is 0.0478 e. The van der Waals surface area contributed by atoms with E-state index in [2.05, 4.69) is 86.9 Å². The van der Waals surface area contributed by atoms with Gasteiger partial charge in [-0.2, -0.15) is 0 Å². The fraction of sp³-hybridized carbons (Fsp3) is 0.217. The zero-order chi connectivity index (χ0) is 17.5. The van der Waals surface area contributed by atoms with Crippen LogP contribution in [-0.2, 0) is 13.0 Å². The number of halogens is 1. The quantitative estimate of drug-likeness (QED) is 0.414. The predicted molar refractivity (Wildman–Crippen MR) is 112 cm³/mol. The molecule has 0 radical (unpaired) electrons. The molecule has 2 nitrogen and oxygen atoms in total. The van der Waals surface area contributed by atoms with Gasteiger partial charge in [0.1, 0.15) is 0 Å². The predicted octanol–water partition coefficient (Wildman–Crippen LogP) is 6.25. The summed E-state index contributed by atoms with van der Waals surface area (Å²) in [7, 11) is 0. The minimum absolute atomic E-state index is 0.399. The normalized spacial score (nSPS) is 16.9. The van der Waals surface area contributed by atoms with E-state index < -0.39 is 0 Å². The number of aromatic amines is 1. The van der Waals surface area contributed by atoms with Gasteiger partial charge in [-0.15, -0.1) is 0 Å². The van der Waals surface area contributed by atoms with Crippen molar-refractivity contribution in [2.24, 2.45) is 0 Å². The van der Waals surface area contributed by atoms with Gasteiger partial charge in [-0.3, -0.25) is 0 Å². The number of hydrogen-bond donors (Lipinski definition) is 2. The molecule has 1 unspecified atom stereocenters. The molecule has 1 atom stereocenters. The van der Waals surface area contributed by atoms with Crippen LogP contribution in [0.1, 0.15) is 35.7 Å². The Bertz CT molecular complexity index is 1100. The van der Waals surface area contributed by atoms with Gasteiger partial charge in [0.25, 0.3) is 0 Å². The maximum absolute atomic E-state index is 3.79. The molecule has 0 saturated carbocycles. The van der Waals surface area contributed by atoms with Crippen molar-refractivity contribution >= 4 is 37.6 Å². The van der Waals surface area contributed by atoms with E-state index in [1.807, 2.05) is 0 Å². The van der Waals surface area contributed by atoms with Gasteiger partial charge in [0.05, 0.1) is 0 Å². The average Bonchev–Trinajstić information content (AvgIpc) is 3.05. The van der Waals surface area contributed by atoms with E-state index in [0.29, 0.717) is 6.04 Å². The highest BCUT2D eigenvalue weighted by Crippen LogP contribution is 2.36. The highest BCUT2D eigenvalue weighted by molar-refractivity contribution is 9.10. The van der Waals surface area contributed by atoms with Crippen molar-refractivity contribution in [2.75, 3.05) is 0 Å². The number of rotatable bonds is 3. The summed E-state index contributed by atoms with van der Waals surface area (Å²) in [5.74, 6) is 0. The number of aryl methyl sites for hydroxylation is 1. The van der Waals surface area contributed by atoms with Crippen molar-refractivity contribution in [2.45, 2.75) is 31.8 Å². The molecule has 4 aromatic rings. The monoisotopic (exact) mass is 404 g/mol. The van der Waals surface area contributed by atoms with Gasteiger partial charge in [0, 0.05) is 33.7 Å². The molecule has 0 amide bonds. The molecular weight excluding hydrogens is 384 g/mol. The van der Waals surface area contributed by atoms with Gasteiger partial charge in [-0.25, -0.2) is 0 Å². The van der Waals surface area contributed by atoms with E-state index in [1.54, 1.807) is 0 Å². The van der Waals surface area contributed by atoms with Crippen molar-refractivity contribution in [3.63, 3.8) is 0 Å². The second-order valence-electron chi connectivity index (χ2n) is 7.21. The number of fused-ring (bicyclic) bond motifs is 4. The molecule has 0 bridgehead atoms. The largest absolute Gasteiger partial charge is 0.357 e. The molecule has 0 fully saturated rings. The molecule has 26 heavy (non-hydrogen) atoms. The Balaban J connectivity index is 1.42. The second-order valence-corrected chi connectivity index (χ2v) is 8.13. The summed E-state index contributed by atoms with van der Waals surface area (Å²) in [6.07, 6.45) is 3.59. The summed E-state index contributed by atoms with van der Waals surface area (Å²) in [5, 5.41) is 7.77. The summed E-state index contributed by atoms with van der Waals surface area (Å²) < 4.78 is 1.15. The van der Waals surface area contributed by atoms with Gasteiger partial charge in [-0.05, 0) is 65.4 Å². The first-order chi connectivity index (χ1) is 12.8. The molecule has 0 aliphatic heterocycles. The highest BCUT2D eigenvalue weighted by atomic mass is 79.9. The van der Waals surface area contributed by atoms with Crippen molar-refractivity contribution < 1.29 is 0 Å². The minimum atomic E-state index is 0.399. The lowest BCUT2D eigenvalue weighted by molar-refractivity contribution is 0.452. The number of aromatic nitrogens is 1. The molecule has 5 rings (SSSR count). The number of H-pyrrole nitrogens is 1. The Kier molecular flexibility index (Phi) is 4.07. The minimum Gasteiger partial charge on any atom is -0.357 e. The van der Waals surface area contributed by atoms with Crippen LogP contribution in [0, 0.1) is 0 Å². The molecule has 3 aromatic carbocycles. The van der Waals surface area contributed by atoms with E-state index in [4.69, 9.17) is 0 Å². The molecule has 1 aromatic heterocycles. The lowest BCUT2D eigenvalue weighted by Crippen LogP contribution is -2.24. The van der Waals surface area contributed by atoms with E-state index in [-0.39, 0.29) is 0 Å². The summed E-state index contributed by atoms with van der Waals surface area (Å²) in [4.78, 5) is 3.68. The lowest BCUT2D eigenvalue weighted by atomic mass is 9.91. The third-order valence-corrected chi connectivity index (χ3v) is 6.03. The fourth-order valence-corrected chi connectivity index (χ4v) is 4.59. The van der Waals surface area contributed by atoms with Crippen LogP contribution >= 0.6 is 15.9 Å². The maximum atomic E-state index is 3.79. The number of hydrogen-bond acceptors (Lipinski definition) is 1. The van der Waals surface area contributed by atoms with Crippen LogP contribution in [0.5, 0.6) is 0 Å². The second kappa shape index (κ2) is 6.57. The highest BCUT2D eigenvalue weighted by Gasteiger charge is 2.23. The van der Waals surface area contributed by atoms with Crippen LogP contribution in [0.15, 0.2) is 65.1 Å². The topological polar surface area (TPSA) is 27.8 Å². The summed E-state index contributed by atoms with van der Waals surface area (Å²) in [5.41, 5.74) is 5.46. The lowest BCUT2D eigenvalue weighted by Gasteiger charge is -2.24. The van der Waals surface area contributed by atoms with Crippen molar-refractivity contribution in [1.82, 2.24) is 10.3 Å². The molecule has 1 heterocycles. The smallest absolute Gasteiger partial charge is 0.0478 e. The van der Waals surface area contributed by atoms with Gasteiger partial charge in [-0.1, -0.05) is 52.3 Å². The molecule has 1 aliphatic rings. The van der Waals surface area contributed by atoms with Crippen LogP contribution in [0.2, 0.25) is 0 Å². The van der Waals surface area contributed by atoms with Crippen LogP contribution < -0.4 is 5.32 Å². The van der Waals surface area contributed by atoms with Crippen molar-refractivity contribution in [3.05, 3.63) is 82.0 Å². The van der Waals surface area contributed by atoms with Crippen LogP contribution in [-0.4, -0.2) is 4.98 Å². The molecule has 0 saturated heterocycles. The van der Waals surface area contributed by atoms with Gasteiger partial charge in [0.2, 0.25) is 0 Å². The van der Waals surface area contributed by atoms with Gasteiger partial charge in [0.15, 0.2) is 0 Å². The first-order valence-electron chi connectivity index (χ1n) is 9.29. The summed E-state index contributed by atoms with van der Waals surface area (Å²) in [6, 6.07) is 22.3. The Labute approximate surface area is 161 Å². The van der Waals surface area contributed by atoms with E-state index in [0.717, 1.165) is 11.0 Å². The zero-order valence-corrected chi connectivity index (χ0v) is 16.1. The number of nitrogens with one attached hydrogen (secondary N) is 2. The Morgan fingerprint density at radius 3 is 2.81 bits per heavy atom. The third-order valence-electron chi connectivity index (χ3n) is 5.54. The Morgan fingerprint density at radius 1 is 1.00 bits per heavy atom. The fourth-order valence-electron chi connectivity index (χ4n) is 4.23. The SMILES string of the molecule is Brc1ccc2[nH]c3c(c2c1)CCCC3NCc1ccc2ccccc2c1.